The van der Waals surface area contributed by atoms with Crippen LogP contribution in [0.15, 0.2) is 53.0 Å². The molecule has 134 valence electrons. The molecule has 0 aliphatic carbocycles. The molecule has 0 radical (unpaired) electrons. The molecule has 2 aromatic rings. The standard InChI is InChI=1S/C20H24BrNO2S/c1-15(2)18-5-3-4-6-19(18)24-12-11-22-20(23)14-25-13-16-7-9-17(21)10-8-16/h3-10,15H,11-14H2,1-2H3,(H,22,23). The molecule has 0 fully saturated rings. The highest BCUT2D eigenvalue weighted by Gasteiger charge is 2.07. The molecule has 0 atom stereocenters. The van der Waals surface area contributed by atoms with Gasteiger partial charge in [-0.3, -0.25) is 4.79 Å². The number of carbonyl (C=O) groups excluding carboxylic acids is 1. The summed E-state index contributed by atoms with van der Waals surface area (Å²) in [5.41, 5.74) is 2.41. The molecule has 25 heavy (non-hydrogen) atoms. The van der Waals surface area contributed by atoms with Crippen molar-refractivity contribution in [3.8, 4) is 5.75 Å². The molecule has 3 nitrogen and oxygen atoms in total. The molecule has 0 aliphatic rings. The smallest absolute Gasteiger partial charge is 0.230 e. The third-order valence-corrected chi connectivity index (χ3v) is 5.17. The Morgan fingerprint density at radius 2 is 1.88 bits per heavy atom. The van der Waals surface area contributed by atoms with Crippen molar-refractivity contribution in [2.45, 2.75) is 25.5 Å². The predicted octanol–water partition coefficient (Wildman–Crippen LogP) is 5.00. The van der Waals surface area contributed by atoms with Gasteiger partial charge < -0.3 is 10.1 Å². The maximum atomic E-state index is 11.9. The number of hydrogen-bond acceptors (Lipinski definition) is 3. The Hall–Kier alpha value is -1.46. The van der Waals surface area contributed by atoms with E-state index in [1.807, 2.05) is 30.3 Å². The molecular formula is C20H24BrNO2S. The van der Waals surface area contributed by atoms with Gasteiger partial charge in [-0.05, 0) is 35.2 Å². The highest BCUT2D eigenvalue weighted by molar-refractivity contribution is 9.10. The summed E-state index contributed by atoms with van der Waals surface area (Å²) in [7, 11) is 0. The van der Waals surface area contributed by atoms with Gasteiger partial charge in [0.2, 0.25) is 5.91 Å². The molecule has 1 N–H and O–H groups in total. The van der Waals surface area contributed by atoms with Crippen molar-refractivity contribution < 1.29 is 9.53 Å². The molecular weight excluding hydrogens is 398 g/mol. The minimum absolute atomic E-state index is 0.0443. The number of benzene rings is 2. The SMILES string of the molecule is CC(C)c1ccccc1OCCNC(=O)CSCc1ccc(Br)cc1. The summed E-state index contributed by atoms with van der Waals surface area (Å²) in [5, 5.41) is 2.90. The van der Waals surface area contributed by atoms with E-state index in [1.165, 1.54) is 11.1 Å². The normalized spacial score (nSPS) is 10.7. The molecule has 0 unspecified atom stereocenters. The zero-order valence-electron chi connectivity index (χ0n) is 14.6. The highest BCUT2D eigenvalue weighted by Crippen LogP contribution is 2.25. The minimum Gasteiger partial charge on any atom is -0.491 e. The fraction of sp³-hybridized carbons (Fsp3) is 0.350. The van der Waals surface area contributed by atoms with Crippen LogP contribution < -0.4 is 10.1 Å². The van der Waals surface area contributed by atoms with E-state index in [0.717, 1.165) is 16.0 Å². The molecule has 0 heterocycles. The zero-order chi connectivity index (χ0) is 18.1. The number of para-hydroxylation sites is 1. The lowest BCUT2D eigenvalue weighted by atomic mass is 10.0. The molecule has 0 aliphatic heterocycles. The maximum Gasteiger partial charge on any atom is 0.230 e. The number of amides is 1. The van der Waals surface area contributed by atoms with Gasteiger partial charge in [0.25, 0.3) is 0 Å². The third kappa shape index (κ3) is 7.12. The Morgan fingerprint density at radius 1 is 1.16 bits per heavy atom. The number of halogens is 1. The second-order valence-corrected chi connectivity index (χ2v) is 7.91. The fourth-order valence-electron chi connectivity index (χ4n) is 2.33. The number of nitrogens with one attached hydrogen (secondary N) is 1. The van der Waals surface area contributed by atoms with E-state index in [0.29, 0.717) is 24.8 Å². The quantitative estimate of drug-likeness (QED) is 0.578. The first-order valence-electron chi connectivity index (χ1n) is 8.37. The van der Waals surface area contributed by atoms with E-state index in [4.69, 9.17) is 4.74 Å². The van der Waals surface area contributed by atoms with Gasteiger partial charge in [0.05, 0.1) is 12.3 Å². The van der Waals surface area contributed by atoms with Crippen LogP contribution >= 0.6 is 27.7 Å². The summed E-state index contributed by atoms with van der Waals surface area (Å²) in [6.45, 7) is 5.29. The van der Waals surface area contributed by atoms with E-state index in [-0.39, 0.29) is 5.91 Å². The first kappa shape index (κ1) is 19.9. The summed E-state index contributed by atoms with van der Waals surface area (Å²) < 4.78 is 6.88. The lowest BCUT2D eigenvalue weighted by molar-refractivity contribution is -0.118. The molecule has 0 saturated carbocycles. The van der Waals surface area contributed by atoms with Gasteiger partial charge in [-0.2, -0.15) is 0 Å². The van der Waals surface area contributed by atoms with Crippen LogP contribution in [0.1, 0.15) is 30.9 Å². The fourth-order valence-corrected chi connectivity index (χ4v) is 3.42. The van der Waals surface area contributed by atoms with Crippen LogP contribution in [0.25, 0.3) is 0 Å². The molecule has 1 amide bonds. The van der Waals surface area contributed by atoms with Crippen LogP contribution in [0.4, 0.5) is 0 Å². The lowest BCUT2D eigenvalue weighted by Crippen LogP contribution is -2.29. The summed E-state index contributed by atoms with van der Waals surface area (Å²) in [6.07, 6.45) is 0. The largest absolute Gasteiger partial charge is 0.491 e. The Morgan fingerprint density at radius 3 is 2.60 bits per heavy atom. The van der Waals surface area contributed by atoms with E-state index in [9.17, 15) is 4.79 Å². The van der Waals surface area contributed by atoms with Crippen LogP contribution in [0.2, 0.25) is 0 Å². The van der Waals surface area contributed by atoms with Crippen molar-refractivity contribution in [3.05, 3.63) is 64.1 Å². The monoisotopic (exact) mass is 421 g/mol. The van der Waals surface area contributed by atoms with Gasteiger partial charge in [-0.25, -0.2) is 0 Å². The summed E-state index contributed by atoms with van der Waals surface area (Å²) in [4.78, 5) is 11.9. The van der Waals surface area contributed by atoms with Crippen molar-refractivity contribution in [3.63, 3.8) is 0 Å². The maximum absolute atomic E-state index is 11.9. The average molecular weight is 422 g/mol. The second kappa shape index (κ2) is 10.5. The van der Waals surface area contributed by atoms with Crippen LogP contribution in [0.3, 0.4) is 0 Å². The van der Waals surface area contributed by atoms with Crippen molar-refractivity contribution in [2.24, 2.45) is 0 Å². The number of thioether (sulfide) groups is 1. The van der Waals surface area contributed by atoms with Crippen molar-refractivity contribution in [1.29, 1.82) is 0 Å². The van der Waals surface area contributed by atoms with E-state index in [1.54, 1.807) is 11.8 Å². The van der Waals surface area contributed by atoms with Gasteiger partial charge in [0, 0.05) is 10.2 Å². The molecule has 5 heteroatoms. The number of rotatable bonds is 9. The molecule has 0 saturated heterocycles. The Kier molecular flexibility index (Phi) is 8.35. The molecule has 0 spiro atoms. The topological polar surface area (TPSA) is 38.3 Å². The number of hydrogen-bond donors (Lipinski definition) is 1. The van der Waals surface area contributed by atoms with Gasteiger partial charge in [-0.1, -0.05) is 60.1 Å². The van der Waals surface area contributed by atoms with Gasteiger partial charge in [-0.15, -0.1) is 11.8 Å². The van der Waals surface area contributed by atoms with E-state index in [2.05, 4.69) is 53.3 Å². The van der Waals surface area contributed by atoms with Gasteiger partial charge in [0.15, 0.2) is 0 Å². The van der Waals surface area contributed by atoms with Crippen molar-refractivity contribution in [2.75, 3.05) is 18.9 Å². The van der Waals surface area contributed by atoms with E-state index < -0.39 is 0 Å². The second-order valence-electron chi connectivity index (χ2n) is 6.01. The molecule has 2 rings (SSSR count). The third-order valence-electron chi connectivity index (χ3n) is 3.64. The van der Waals surface area contributed by atoms with E-state index >= 15 is 0 Å². The van der Waals surface area contributed by atoms with Crippen LogP contribution in [0, 0.1) is 0 Å². The van der Waals surface area contributed by atoms with Crippen LogP contribution in [-0.4, -0.2) is 24.8 Å². The van der Waals surface area contributed by atoms with Crippen molar-refractivity contribution >= 4 is 33.6 Å². The number of ether oxygens (including phenoxy) is 1. The van der Waals surface area contributed by atoms with Crippen LogP contribution in [0.5, 0.6) is 5.75 Å². The first-order valence-corrected chi connectivity index (χ1v) is 10.3. The predicted molar refractivity (Wildman–Crippen MR) is 109 cm³/mol. The Bertz CT molecular complexity index is 674. The molecule has 2 aromatic carbocycles. The molecule has 0 aromatic heterocycles. The van der Waals surface area contributed by atoms with Crippen LogP contribution in [-0.2, 0) is 10.5 Å². The summed E-state index contributed by atoms with van der Waals surface area (Å²) in [5.74, 6) is 2.65. The summed E-state index contributed by atoms with van der Waals surface area (Å²) >= 11 is 5.03. The minimum atomic E-state index is 0.0443. The van der Waals surface area contributed by atoms with Gasteiger partial charge in [0.1, 0.15) is 12.4 Å². The van der Waals surface area contributed by atoms with Crippen molar-refractivity contribution in [1.82, 2.24) is 5.32 Å². The zero-order valence-corrected chi connectivity index (χ0v) is 17.0. The average Bonchev–Trinajstić information content (AvgIpc) is 2.60. The highest BCUT2D eigenvalue weighted by atomic mass is 79.9. The summed E-state index contributed by atoms with van der Waals surface area (Å²) in [6, 6.07) is 16.2. The number of carbonyl (C=O) groups is 1. The van der Waals surface area contributed by atoms with Gasteiger partial charge >= 0.3 is 0 Å². The first-order chi connectivity index (χ1) is 12.1. The Balaban J connectivity index is 1.63. The molecule has 0 bridgehead atoms. The lowest BCUT2D eigenvalue weighted by Gasteiger charge is -2.14. The Labute approximate surface area is 162 Å².